The summed E-state index contributed by atoms with van der Waals surface area (Å²) in [6.45, 7) is 0.572. The number of nitrogens with zero attached hydrogens (tertiary/aromatic N) is 4. The number of hydroxylamine groups is 2. The van der Waals surface area contributed by atoms with Crippen LogP contribution >= 0.6 is 22.6 Å². The number of urea groups is 1. The van der Waals surface area contributed by atoms with Crippen molar-refractivity contribution in [3.63, 3.8) is 0 Å². The minimum absolute atomic E-state index is 0.210. The molecule has 11 nitrogen and oxygen atoms in total. The summed E-state index contributed by atoms with van der Waals surface area (Å²) in [5, 5.41) is 8.48. The summed E-state index contributed by atoms with van der Waals surface area (Å²) in [5.41, 5.74) is 5.43. The molecule has 3 heterocycles. The number of piperidine rings is 1. The van der Waals surface area contributed by atoms with Gasteiger partial charge in [0.25, 0.3) is 0 Å². The Hall–Kier alpha value is -1.03. The molecule has 2 aliphatic rings. The van der Waals surface area contributed by atoms with E-state index in [4.69, 9.17) is 14.7 Å². The molecule has 2 aliphatic heterocycles. The zero-order valence-corrected chi connectivity index (χ0v) is 14.7. The lowest BCUT2D eigenvalue weighted by Crippen LogP contribution is -2.43. The van der Waals surface area contributed by atoms with Gasteiger partial charge >= 0.3 is 16.4 Å². The second-order valence-corrected chi connectivity index (χ2v) is 8.26. The van der Waals surface area contributed by atoms with E-state index in [9.17, 15) is 13.2 Å². The Bertz CT molecular complexity index is 725. The van der Waals surface area contributed by atoms with Crippen LogP contribution in [0.2, 0.25) is 0 Å². The quantitative estimate of drug-likeness (QED) is 0.268. The molecule has 128 valence electrons. The number of halogens is 1. The number of hydrogen-bond donors (Lipinski definition) is 2. The third-order valence-corrected chi connectivity index (χ3v) is 5.32. The Morgan fingerprint density at radius 1 is 1.52 bits per heavy atom. The maximum atomic E-state index is 12.4. The molecule has 0 aliphatic carbocycles. The first-order valence-electron chi connectivity index (χ1n) is 6.72. The highest BCUT2D eigenvalue weighted by Gasteiger charge is 2.57. The second kappa shape index (κ2) is 5.80. The van der Waals surface area contributed by atoms with Crippen LogP contribution in [-0.4, -0.2) is 55.8 Å². The molecule has 2 fully saturated rings. The largest absolute Gasteiger partial charge is 0.423 e. The van der Waals surface area contributed by atoms with Gasteiger partial charge < -0.3 is 15.1 Å². The van der Waals surface area contributed by atoms with Gasteiger partial charge in [-0.3, -0.25) is 4.55 Å². The molecule has 3 N–H and O–H groups in total. The summed E-state index contributed by atoms with van der Waals surface area (Å²) >= 11 is 1.94. The zero-order chi connectivity index (χ0) is 16.8. The van der Waals surface area contributed by atoms with E-state index in [1.165, 1.54) is 4.90 Å². The van der Waals surface area contributed by atoms with E-state index < -0.39 is 26.0 Å². The number of carbonyl (C=O) groups is 1. The van der Waals surface area contributed by atoms with Gasteiger partial charge in [-0.05, 0) is 35.4 Å². The van der Waals surface area contributed by atoms with Gasteiger partial charge in [-0.2, -0.15) is 13.5 Å². The smallest absolute Gasteiger partial charge is 0.418 e. The van der Waals surface area contributed by atoms with Crippen molar-refractivity contribution in [2.75, 3.05) is 13.1 Å². The van der Waals surface area contributed by atoms with Crippen LogP contribution in [-0.2, 0) is 21.1 Å². The minimum Gasteiger partial charge on any atom is -0.423 e. The molecular formula is C10H14IN5O6S. The maximum Gasteiger partial charge on any atom is 0.418 e. The van der Waals surface area contributed by atoms with Crippen molar-refractivity contribution in [3.05, 3.63) is 11.8 Å². The molecule has 1 aromatic heterocycles. The molecule has 2 atom stereocenters. The van der Waals surface area contributed by atoms with Crippen molar-refractivity contribution in [2.24, 2.45) is 5.73 Å². The molecular weight excluding hydrogens is 445 g/mol. The molecule has 13 heteroatoms. The van der Waals surface area contributed by atoms with Crippen LogP contribution in [0.15, 0.2) is 4.42 Å². The van der Waals surface area contributed by atoms with Crippen LogP contribution in [0.1, 0.15) is 30.7 Å². The summed E-state index contributed by atoms with van der Waals surface area (Å²) in [4.78, 5) is 13.8. The fourth-order valence-electron chi connectivity index (χ4n) is 2.69. The number of fused-ring (bicyclic) bond motifs is 2. The Labute approximate surface area is 145 Å². The van der Waals surface area contributed by atoms with E-state index in [-0.39, 0.29) is 12.4 Å². The number of aromatic nitrogens is 2. The van der Waals surface area contributed by atoms with E-state index in [0.717, 1.165) is 0 Å². The third kappa shape index (κ3) is 3.15. The van der Waals surface area contributed by atoms with Crippen molar-refractivity contribution in [1.82, 2.24) is 20.2 Å². The number of carbonyl (C=O) groups excluding carboxylic acids is 1. The van der Waals surface area contributed by atoms with Crippen LogP contribution in [0.4, 0.5) is 4.79 Å². The molecule has 1 aromatic rings. The van der Waals surface area contributed by atoms with Gasteiger partial charge in [-0.25, -0.2) is 4.79 Å². The lowest BCUT2D eigenvalue weighted by Gasteiger charge is -2.33. The average Bonchev–Trinajstić information content (AvgIpc) is 2.97. The number of nitrogens with two attached hydrogens (primary N) is 1. The molecule has 0 unspecified atom stereocenters. The standard InChI is InChI=1S/C10H14IN5O6S/c11-10-3-1-6(8-14-13-7(21-8)2-4-12)15(5-10)9(17)16(10)22-23(18,19)20/h6H,1-5,12H2,(H,18,19,20)/t6-,10+/m0/s1. The van der Waals surface area contributed by atoms with Crippen LogP contribution in [0.25, 0.3) is 0 Å². The fraction of sp³-hybridized carbons (Fsp3) is 0.700. The molecule has 2 saturated heterocycles. The number of amides is 2. The number of alkyl halides is 1. The molecule has 23 heavy (non-hydrogen) atoms. The Kier molecular flexibility index (Phi) is 4.24. The highest BCUT2D eigenvalue weighted by molar-refractivity contribution is 14.1. The SMILES string of the molecule is NCCc1nnc([C@@H]2CC[C@]3(I)CN2C(=O)N3OS(=O)(=O)O)o1. The average molecular weight is 459 g/mol. The predicted octanol–water partition coefficient (Wildman–Crippen LogP) is 0.00900. The lowest BCUT2D eigenvalue weighted by molar-refractivity contribution is -0.0382. The Morgan fingerprint density at radius 2 is 2.26 bits per heavy atom. The van der Waals surface area contributed by atoms with Gasteiger partial charge in [0, 0.05) is 13.0 Å². The van der Waals surface area contributed by atoms with Crippen molar-refractivity contribution >= 4 is 39.0 Å². The summed E-state index contributed by atoms with van der Waals surface area (Å²) in [5.74, 6) is 0.653. The van der Waals surface area contributed by atoms with Gasteiger partial charge in [0.1, 0.15) is 9.59 Å². The van der Waals surface area contributed by atoms with Gasteiger partial charge in [0.05, 0.1) is 6.54 Å². The van der Waals surface area contributed by atoms with Crippen molar-refractivity contribution in [1.29, 1.82) is 0 Å². The molecule has 0 radical (unpaired) electrons. The fourth-order valence-corrected chi connectivity index (χ4v) is 4.21. The topological polar surface area (TPSA) is 152 Å². The molecule has 0 aromatic carbocycles. The Balaban J connectivity index is 1.85. The van der Waals surface area contributed by atoms with E-state index in [1.54, 1.807) is 0 Å². The van der Waals surface area contributed by atoms with Crippen molar-refractivity contribution in [2.45, 2.75) is 28.8 Å². The monoisotopic (exact) mass is 459 g/mol. The predicted molar refractivity (Wildman–Crippen MR) is 82.4 cm³/mol. The summed E-state index contributed by atoms with van der Waals surface area (Å²) < 4.78 is 39.8. The highest BCUT2D eigenvalue weighted by Crippen LogP contribution is 2.47. The highest BCUT2D eigenvalue weighted by atomic mass is 127. The first-order chi connectivity index (χ1) is 10.7. The van der Waals surface area contributed by atoms with Crippen LogP contribution in [0, 0.1) is 0 Å². The molecule has 0 spiro atoms. The van der Waals surface area contributed by atoms with Gasteiger partial charge in [-0.1, -0.05) is 0 Å². The van der Waals surface area contributed by atoms with Gasteiger partial charge in [0.15, 0.2) is 0 Å². The molecule has 2 bridgehead atoms. The van der Waals surface area contributed by atoms with Crippen LogP contribution < -0.4 is 5.73 Å². The Morgan fingerprint density at radius 3 is 2.91 bits per heavy atom. The van der Waals surface area contributed by atoms with E-state index in [1.807, 2.05) is 22.6 Å². The molecule has 3 rings (SSSR count). The second-order valence-electron chi connectivity index (χ2n) is 5.25. The minimum atomic E-state index is -4.79. The first kappa shape index (κ1) is 16.8. The first-order valence-corrected chi connectivity index (χ1v) is 9.17. The summed E-state index contributed by atoms with van der Waals surface area (Å²) in [7, 11) is -4.79. The van der Waals surface area contributed by atoms with Crippen LogP contribution in [0.5, 0.6) is 0 Å². The summed E-state index contributed by atoms with van der Waals surface area (Å²) in [6.07, 6.45) is 1.36. The summed E-state index contributed by atoms with van der Waals surface area (Å²) in [6, 6.07) is -1.16. The van der Waals surface area contributed by atoms with Crippen molar-refractivity contribution < 1.29 is 26.5 Å². The zero-order valence-electron chi connectivity index (χ0n) is 11.8. The van der Waals surface area contributed by atoms with Gasteiger partial charge in [-0.15, -0.1) is 14.5 Å². The van der Waals surface area contributed by atoms with E-state index in [2.05, 4.69) is 14.5 Å². The number of rotatable bonds is 5. The lowest BCUT2D eigenvalue weighted by atomic mass is 10.0. The molecule has 0 saturated carbocycles. The van der Waals surface area contributed by atoms with Gasteiger partial charge in [0.2, 0.25) is 11.8 Å². The van der Waals surface area contributed by atoms with Crippen LogP contribution in [0.3, 0.4) is 0 Å². The van der Waals surface area contributed by atoms with E-state index >= 15 is 0 Å². The van der Waals surface area contributed by atoms with E-state index in [0.29, 0.717) is 36.8 Å². The van der Waals surface area contributed by atoms with Crippen molar-refractivity contribution in [3.8, 4) is 0 Å². The number of hydrogen-bond acceptors (Lipinski definition) is 8. The maximum absolute atomic E-state index is 12.4. The molecule has 2 amide bonds. The third-order valence-electron chi connectivity index (χ3n) is 3.67. The normalized spacial score (nSPS) is 27.8.